The van der Waals surface area contributed by atoms with E-state index in [1.165, 1.54) is 12.8 Å². The summed E-state index contributed by atoms with van der Waals surface area (Å²) in [6, 6.07) is 0. The molecule has 1 aromatic rings. The molecule has 6 nitrogen and oxygen atoms in total. The first kappa shape index (κ1) is 11.3. The number of aromatic nitrogens is 3. The van der Waals surface area contributed by atoms with Crippen LogP contribution in [-0.2, 0) is 0 Å². The van der Waals surface area contributed by atoms with Crippen LogP contribution in [-0.4, -0.2) is 47.1 Å². The number of hydrogen-bond donors (Lipinski definition) is 1. The summed E-state index contributed by atoms with van der Waals surface area (Å²) < 4.78 is 0. The van der Waals surface area contributed by atoms with Crippen molar-refractivity contribution in [1.29, 1.82) is 0 Å². The minimum Gasteiger partial charge on any atom is -0.341 e. The molecule has 1 aliphatic heterocycles. The lowest BCUT2D eigenvalue weighted by Gasteiger charge is -2.17. The Kier molecular flexibility index (Phi) is 3.40. The third-order valence-corrected chi connectivity index (χ3v) is 2.48. The second-order valence-corrected chi connectivity index (χ2v) is 4.27. The lowest BCUT2D eigenvalue weighted by molar-refractivity contribution is 0.488. The summed E-state index contributed by atoms with van der Waals surface area (Å²) in [6.45, 7) is 1.98. The summed E-state index contributed by atoms with van der Waals surface area (Å²) in [7, 11) is 3.74. The van der Waals surface area contributed by atoms with Crippen molar-refractivity contribution in [2.24, 2.45) is 0 Å². The first-order valence-electron chi connectivity index (χ1n) is 5.25. The van der Waals surface area contributed by atoms with E-state index in [4.69, 9.17) is 11.6 Å². The Balaban J connectivity index is 2.20. The highest BCUT2D eigenvalue weighted by atomic mass is 35.5. The van der Waals surface area contributed by atoms with Crippen LogP contribution in [0.3, 0.4) is 0 Å². The van der Waals surface area contributed by atoms with Gasteiger partial charge in [0.15, 0.2) is 0 Å². The molecule has 0 radical (unpaired) electrons. The van der Waals surface area contributed by atoms with E-state index in [2.05, 4.69) is 25.3 Å². The van der Waals surface area contributed by atoms with Crippen molar-refractivity contribution < 1.29 is 0 Å². The number of anilines is 2. The van der Waals surface area contributed by atoms with Gasteiger partial charge in [0.2, 0.25) is 17.2 Å². The number of nitrogens with zero attached hydrogens (tertiary/aromatic N) is 5. The van der Waals surface area contributed by atoms with Crippen LogP contribution in [0.5, 0.6) is 0 Å². The molecule has 88 valence electrons. The molecule has 0 bridgehead atoms. The SMILES string of the molecule is CN(C)Nc1nc(Cl)nc(N2CCCC2)n1. The van der Waals surface area contributed by atoms with Gasteiger partial charge in [-0.15, -0.1) is 0 Å². The van der Waals surface area contributed by atoms with Gasteiger partial charge in [0.25, 0.3) is 0 Å². The highest BCUT2D eigenvalue weighted by Gasteiger charge is 2.16. The number of halogens is 1. The van der Waals surface area contributed by atoms with Gasteiger partial charge in [0.05, 0.1) is 0 Å². The topological polar surface area (TPSA) is 57.2 Å². The zero-order valence-electron chi connectivity index (χ0n) is 9.44. The van der Waals surface area contributed by atoms with Crippen LogP contribution in [0.15, 0.2) is 0 Å². The van der Waals surface area contributed by atoms with Gasteiger partial charge in [-0.3, -0.25) is 5.43 Å². The third kappa shape index (κ3) is 2.70. The molecule has 1 aromatic heterocycles. The summed E-state index contributed by atoms with van der Waals surface area (Å²) in [6.07, 6.45) is 2.36. The molecule has 1 N–H and O–H groups in total. The van der Waals surface area contributed by atoms with E-state index >= 15 is 0 Å². The van der Waals surface area contributed by atoms with Crippen LogP contribution in [0.4, 0.5) is 11.9 Å². The fourth-order valence-electron chi connectivity index (χ4n) is 1.65. The predicted molar refractivity (Wildman–Crippen MR) is 63.6 cm³/mol. The molecule has 16 heavy (non-hydrogen) atoms. The standard InChI is InChI=1S/C9H15ClN6/c1-15(2)14-8-11-7(10)12-9(13-8)16-5-3-4-6-16/h3-6H2,1-2H3,(H,11,12,13,14). The van der Waals surface area contributed by atoms with Crippen LogP contribution >= 0.6 is 11.6 Å². The second-order valence-electron chi connectivity index (χ2n) is 3.93. The Hall–Kier alpha value is -1.14. The summed E-state index contributed by atoms with van der Waals surface area (Å²) in [5.74, 6) is 1.13. The van der Waals surface area contributed by atoms with Crippen LogP contribution in [0.2, 0.25) is 5.28 Å². The van der Waals surface area contributed by atoms with Crippen molar-refractivity contribution >= 4 is 23.5 Å². The summed E-state index contributed by atoms with van der Waals surface area (Å²) in [5.41, 5.74) is 2.97. The second kappa shape index (κ2) is 4.80. The Morgan fingerprint density at radius 1 is 1.19 bits per heavy atom. The van der Waals surface area contributed by atoms with Gasteiger partial charge in [-0.1, -0.05) is 0 Å². The van der Waals surface area contributed by atoms with E-state index in [0.717, 1.165) is 13.1 Å². The van der Waals surface area contributed by atoms with Crippen LogP contribution in [0.1, 0.15) is 12.8 Å². The molecule has 0 atom stereocenters. The maximum absolute atomic E-state index is 5.86. The normalized spacial score (nSPS) is 15.9. The van der Waals surface area contributed by atoms with Crippen molar-refractivity contribution in [2.75, 3.05) is 37.5 Å². The number of hydrogen-bond acceptors (Lipinski definition) is 6. The third-order valence-electron chi connectivity index (χ3n) is 2.31. The average molecular weight is 243 g/mol. The van der Waals surface area contributed by atoms with Crippen LogP contribution < -0.4 is 10.3 Å². The maximum Gasteiger partial charge on any atom is 0.243 e. The van der Waals surface area contributed by atoms with E-state index in [9.17, 15) is 0 Å². The largest absolute Gasteiger partial charge is 0.341 e. The first-order valence-corrected chi connectivity index (χ1v) is 5.63. The molecule has 7 heteroatoms. The lowest BCUT2D eigenvalue weighted by Crippen LogP contribution is -2.25. The Morgan fingerprint density at radius 2 is 1.88 bits per heavy atom. The molecule has 0 saturated carbocycles. The van der Waals surface area contributed by atoms with Gasteiger partial charge in [-0.25, -0.2) is 5.01 Å². The van der Waals surface area contributed by atoms with E-state index in [0.29, 0.717) is 11.9 Å². The van der Waals surface area contributed by atoms with Crippen molar-refractivity contribution in [2.45, 2.75) is 12.8 Å². The quantitative estimate of drug-likeness (QED) is 0.799. The smallest absolute Gasteiger partial charge is 0.243 e. The Labute approximate surface area is 99.6 Å². The van der Waals surface area contributed by atoms with E-state index in [-0.39, 0.29) is 5.28 Å². The fourth-order valence-corrected chi connectivity index (χ4v) is 1.80. The average Bonchev–Trinajstić information content (AvgIpc) is 2.67. The van der Waals surface area contributed by atoms with E-state index in [1.54, 1.807) is 5.01 Å². The van der Waals surface area contributed by atoms with Crippen molar-refractivity contribution in [3.05, 3.63) is 5.28 Å². The molecule has 1 fully saturated rings. The van der Waals surface area contributed by atoms with Crippen LogP contribution in [0.25, 0.3) is 0 Å². The Morgan fingerprint density at radius 3 is 2.50 bits per heavy atom. The summed E-state index contributed by atoms with van der Waals surface area (Å²) in [4.78, 5) is 14.6. The maximum atomic E-state index is 5.86. The molecule has 2 rings (SSSR count). The Bertz CT molecular complexity index is 363. The van der Waals surface area contributed by atoms with Gasteiger partial charge in [0, 0.05) is 27.2 Å². The number of nitrogens with one attached hydrogen (secondary N) is 1. The zero-order chi connectivity index (χ0) is 11.5. The lowest BCUT2D eigenvalue weighted by atomic mass is 10.4. The minimum absolute atomic E-state index is 0.223. The van der Waals surface area contributed by atoms with Crippen molar-refractivity contribution in [3.8, 4) is 0 Å². The molecule has 0 aromatic carbocycles. The molecule has 2 heterocycles. The molecule has 1 aliphatic rings. The van der Waals surface area contributed by atoms with Gasteiger partial charge in [-0.2, -0.15) is 15.0 Å². The molecular formula is C9H15ClN6. The van der Waals surface area contributed by atoms with Gasteiger partial charge < -0.3 is 4.90 Å². The molecule has 0 spiro atoms. The number of hydrazine groups is 1. The number of rotatable bonds is 3. The summed E-state index contributed by atoms with van der Waals surface area (Å²) in [5, 5.41) is 1.99. The monoisotopic (exact) mass is 242 g/mol. The molecule has 0 unspecified atom stereocenters. The fraction of sp³-hybridized carbons (Fsp3) is 0.667. The predicted octanol–water partition coefficient (Wildman–Crippen LogP) is 1.01. The van der Waals surface area contributed by atoms with Crippen molar-refractivity contribution in [1.82, 2.24) is 20.0 Å². The van der Waals surface area contributed by atoms with Crippen LogP contribution in [0, 0.1) is 0 Å². The summed E-state index contributed by atoms with van der Waals surface area (Å²) >= 11 is 5.86. The van der Waals surface area contributed by atoms with E-state index < -0.39 is 0 Å². The van der Waals surface area contributed by atoms with E-state index in [1.807, 2.05) is 14.1 Å². The molecule has 1 saturated heterocycles. The highest BCUT2D eigenvalue weighted by Crippen LogP contribution is 2.18. The first-order chi connectivity index (χ1) is 7.65. The van der Waals surface area contributed by atoms with Gasteiger partial charge in [-0.05, 0) is 24.4 Å². The molecule has 0 amide bonds. The molecule has 0 aliphatic carbocycles. The van der Waals surface area contributed by atoms with Gasteiger partial charge in [0.1, 0.15) is 0 Å². The minimum atomic E-state index is 0.223. The zero-order valence-corrected chi connectivity index (χ0v) is 10.2. The van der Waals surface area contributed by atoms with Gasteiger partial charge >= 0.3 is 0 Å². The van der Waals surface area contributed by atoms with Crippen molar-refractivity contribution in [3.63, 3.8) is 0 Å². The molecular weight excluding hydrogens is 228 g/mol. The highest BCUT2D eigenvalue weighted by molar-refractivity contribution is 6.28.